The lowest BCUT2D eigenvalue weighted by Crippen LogP contribution is -2.29. The van der Waals surface area contributed by atoms with Gasteiger partial charge in [-0.15, -0.1) is 0 Å². The second-order valence-corrected chi connectivity index (χ2v) is 13.5. The number of hydrogen-bond acceptors (Lipinski definition) is 8. The van der Waals surface area contributed by atoms with Crippen molar-refractivity contribution in [3.8, 4) is 5.75 Å². The maximum absolute atomic E-state index is 12.8. The number of aromatic nitrogens is 2. The molecule has 2 N–H and O–H groups in total. The summed E-state index contributed by atoms with van der Waals surface area (Å²) in [5.41, 5.74) is 3.49. The summed E-state index contributed by atoms with van der Waals surface area (Å²) in [4.78, 5) is 23.0. The highest BCUT2D eigenvalue weighted by molar-refractivity contribution is 7.70. The molecule has 0 spiro atoms. The number of ether oxygens (including phenoxy) is 2. The van der Waals surface area contributed by atoms with Gasteiger partial charge in [0, 0.05) is 25.5 Å². The standard InChI is InChI=1S/C29H39ClN5O4P/c1-7-15-39-16-13-27(36)35(3)14-12-21-18-25(38-4)24(17-20(21)2)33-29-31-19-22(30)28(34-29)32-23-10-8-9-11-26(23)40(5,6)37/h8-11,17-19H,7,12-16H2,1-6H3,(H2,31,32,33,34). The number of amides is 1. The van der Waals surface area contributed by atoms with Gasteiger partial charge in [-0.2, -0.15) is 4.98 Å². The molecular weight excluding hydrogens is 549 g/mol. The zero-order valence-corrected chi connectivity index (χ0v) is 25.7. The Morgan fingerprint density at radius 1 is 1.12 bits per heavy atom. The summed E-state index contributed by atoms with van der Waals surface area (Å²) in [5.74, 6) is 1.40. The summed E-state index contributed by atoms with van der Waals surface area (Å²) in [6, 6.07) is 11.3. The Bertz CT molecular complexity index is 1360. The number of anilines is 4. The fraction of sp³-hybridized carbons (Fsp3) is 0.414. The Balaban J connectivity index is 1.74. The van der Waals surface area contributed by atoms with Gasteiger partial charge in [0.05, 0.1) is 37.7 Å². The van der Waals surface area contributed by atoms with Gasteiger partial charge in [-0.05, 0) is 68.5 Å². The van der Waals surface area contributed by atoms with Gasteiger partial charge in [-0.25, -0.2) is 4.98 Å². The third-order valence-corrected chi connectivity index (χ3v) is 8.16. The molecule has 0 aliphatic heterocycles. The summed E-state index contributed by atoms with van der Waals surface area (Å²) >= 11 is 6.40. The minimum absolute atomic E-state index is 0.0617. The quantitative estimate of drug-likeness (QED) is 0.175. The lowest BCUT2D eigenvalue weighted by Gasteiger charge is -2.19. The number of aryl methyl sites for hydroxylation is 1. The first-order valence-electron chi connectivity index (χ1n) is 13.2. The Labute approximate surface area is 242 Å². The zero-order valence-electron chi connectivity index (χ0n) is 24.1. The van der Waals surface area contributed by atoms with E-state index in [1.54, 1.807) is 25.3 Å². The Morgan fingerprint density at radius 3 is 2.58 bits per heavy atom. The van der Waals surface area contributed by atoms with E-state index in [2.05, 4.69) is 20.6 Å². The molecule has 40 heavy (non-hydrogen) atoms. The number of halogens is 1. The molecule has 1 amide bonds. The minimum Gasteiger partial charge on any atom is -0.495 e. The van der Waals surface area contributed by atoms with Crippen LogP contribution in [0.25, 0.3) is 0 Å². The second-order valence-electron chi connectivity index (χ2n) is 9.91. The van der Waals surface area contributed by atoms with Gasteiger partial charge in [0.15, 0.2) is 5.82 Å². The van der Waals surface area contributed by atoms with Crippen molar-refractivity contribution in [1.29, 1.82) is 0 Å². The first-order valence-corrected chi connectivity index (χ1v) is 16.2. The van der Waals surface area contributed by atoms with Gasteiger partial charge in [0.1, 0.15) is 17.9 Å². The molecule has 216 valence electrons. The molecule has 0 saturated heterocycles. The lowest BCUT2D eigenvalue weighted by atomic mass is 10.0. The Morgan fingerprint density at radius 2 is 1.88 bits per heavy atom. The summed E-state index contributed by atoms with van der Waals surface area (Å²) in [5, 5.41) is 7.48. The minimum atomic E-state index is -2.53. The molecule has 0 atom stereocenters. The highest BCUT2D eigenvalue weighted by Crippen LogP contribution is 2.39. The molecular formula is C29H39ClN5O4P. The predicted molar refractivity (Wildman–Crippen MR) is 164 cm³/mol. The highest BCUT2D eigenvalue weighted by Gasteiger charge is 2.18. The van der Waals surface area contributed by atoms with Crippen molar-refractivity contribution in [3.63, 3.8) is 0 Å². The van der Waals surface area contributed by atoms with Crippen molar-refractivity contribution < 1.29 is 18.8 Å². The van der Waals surface area contributed by atoms with Crippen LogP contribution in [0.3, 0.4) is 0 Å². The molecule has 0 radical (unpaired) electrons. The number of carbonyl (C=O) groups excluding carboxylic acids is 1. The number of nitrogens with zero attached hydrogens (tertiary/aromatic N) is 3. The summed E-state index contributed by atoms with van der Waals surface area (Å²) in [6.07, 6.45) is 3.51. The molecule has 0 saturated carbocycles. The van der Waals surface area contributed by atoms with Crippen LogP contribution in [-0.4, -0.2) is 68.0 Å². The number of para-hydroxylation sites is 1. The molecule has 1 heterocycles. The topological polar surface area (TPSA) is 106 Å². The normalized spacial score (nSPS) is 11.3. The van der Waals surface area contributed by atoms with Crippen molar-refractivity contribution in [1.82, 2.24) is 14.9 Å². The number of hydrogen-bond donors (Lipinski definition) is 2. The van der Waals surface area contributed by atoms with Gasteiger partial charge >= 0.3 is 0 Å². The van der Waals surface area contributed by atoms with Crippen LogP contribution >= 0.6 is 18.7 Å². The third-order valence-electron chi connectivity index (χ3n) is 6.34. The van der Waals surface area contributed by atoms with Crippen LogP contribution in [0.4, 0.5) is 23.1 Å². The molecule has 11 heteroatoms. The predicted octanol–water partition coefficient (Wildman–Crippen LogP) is 6.00. The van der Waals surface area contributed by atoms with Gasteiger partial charge < -0.3 is 29.6 Å². The van der Waals surface area contributed by atoms with Gasteiger partial charge in [-0.1, -0.05) is 30.7 Å². The van der Waals surface area contributed by atoms with E-state index in [1.807, 2.05) is 57.3 Å². The van der Waals surface area contributed by atoms with Crippen molar-refractivity contribution in [2.24, 2.45) is 0 Å². The average molecular weight is 588 g/mol. The number of carbonyl (C=O) groups is 1. The Kier molecular flexibility index (Phi) is 11.4. The Hall–Kier alpha value is -3.13. The maximum Gasteiger partial charge on any atom is 0.229 e. The maximum atomic E-state index is 12.8. The number of benzene rings is 2. The number of rotatable bonds is 14. The third kappa shape index (κ3) is 8.68. The first kappa shape index (κ1) is 31.4. The molecule has 0 aliphatic rings. The van der Waals surface area contributed by atoms with Gasteiger partial charge in [0.2, 0.25) is 11.9 Å². The van der Waals surface area contributed by atoms with Crippen LogP contribution in [0.1, 0.15) is 30.9 Å². The van der Waals surface area contributed by atoms with Crippen LogP contribution < -0.4 is 20.7 Å². The average Bonchev–Trinajstić information content (AvgIpc) is 2.92. The van der Waals surface area contributed by atoms with E-state index >= 15 is 0 Å². The molecule has 2 aromatic carbocycles. The lowest BCUT2D eigenvalue weighted by molar-refractivity contribution is -0.131. The summed E-state index contributed by atoms with van der Waals surface area (Å²) in [6.45, 7) is 9.20. The highest BCUT2D eigenvalue weighted by atomic mass is 35.5. The molecule has 3 rings (SSSR count). The van der Waals surface area contributed by atoms with Gasteiger partial charge in [-0.3, -0.25) is 4.79 Å². The van der Waals surface area contributed by atoms with Crippen molar-refractivity contribution in [3.05, 3.63) is 58.7 Å². The summed E-state index contributed by atoms with van der Waals surface area (Å²) < 4.78 is 23.9. The molecule has 0 unspecified atom stereocenters. The van der Waals surface area contributed by atoms with Crippen LogP contribution in [-0.2, 0) is 20.5 Å². The van der Waals surface area contributed by atoms with E-state index in [9.17, 15) is 9.36 Å². The molecule has 0 aliphatic carbocycles. The molecule has 0 fully saturated rings. The second kappa shape index (κ2) is 14.5. The smallest absolute Gasteiger partial charge is 0.229 e. The van der Waals surface area contributed by atoms with Crippen molar-refractivity contribution >= 4 is 53.1 Å². The number of nitrogens with one attached hydrogen (secondary N) is 2. The van der Waals surface area contributed by atoms with Crippen LogP contribution in [0.15, 0.2) is 42.6 Å². The largest absolute Gasteiger partial charge is 0.495 e. The van der Waals surface area contributed by atoms with E-state index in [4.69, 9.17) is 21.1 Å². The van der Waals surface area contributed by atoms with E-state index in [0.717, 1.165) is 17.5 Å². The van der Waals surface area contributed by atoms with E-state index in [-0.39, 0.29) is 5.91 Å². The first-order chi connectivity index (χ1) is 19.0. The van der Waals surface area contributed by atoms with Gasteiger partial charge in [0.25, 0.3) is 0 Å². The fourth-order valence-corrected chi connectivity index (χ4v) is 5.38. The van der Waals surface area contributed by atoms with Crippen LogP contribution in [0.5, 0.6) is 5.75 Å². The summed E-state index contributed by atoms with van der Waals surface area (Å²) in [7, 11) is 0.885. The number of likely N-dealkylation sites (N-methyl/N-ethyl adjacent to an activating group) is 1. The van der Waals surface area contributed by atoms with Crippen molar-refractivity contribution in [2.75, 3.05) is 57.9 Å². The molecule has 3 aromatic rings. The van der Waals surface area contributed by atoms with E-state index in [0.29, 0.717) is 71.8 Å². The fourth-order valence-electron chi connectivity index (χ4n) is 4.09. The SMILES string of the molecule is CCCOCCC(=O)N(C)CCc1cc(OC)c(Nc2ncc(Cl)c(Nc3ccccc3P(C)(C)=O)n2)cc1C. The van der Waals surface area contributed by atoms with Crippen molar-refractivity contribution in [2.45, 2.75) is 33.1 Å². The monoisotopic (exact) mass is 587 g/mol. The zero-order chi connectivity index (χ0) is 29.3. The molecule has 1 aromatic heterocycles. The van der Waals surface area contributed by atoms with Crippen LogP contribution in [0, 0.1) is 6.92 Å². The van der Waals surface area contributed by atoms with Crippen LogP contribution in [0.2, 0.25) is 5.02 Å². The number of methoxy groups -OCH3 is 1. The van der Waals surface area contributed by atoms with E-state index in [1.165, 1.54) is 6.20 Å². The van der Waals surface area contributed by atoms with E-state index < -0.39 is 7.14 Å². The molecule has 9 nitrogen and oxygen atoms in total. The molecule has 0 bridgehead atoms.